The minimum atomic E-state index is 0.443. The molecule has 0 bridgehead atoms. The second-order valence-electron chi connectivity index (χ2n) is 4.22. The second-order valence-corrected chi connectivity index (χ2v) is 5.19. The number of nitrogens with zero attached hydrogens (tertiary/aromatic N) is 4. The van der Waals surface area contributed by atoms with E-state index in [1.807, 2.05) is 34.7 Å². The van der Waals surface area contributed by atoms with Crippen molar-refractivity contribution in [2.75, 3.05) is 7.11 Å². The van der Waals surface area contributed by atoms with Crippen molar-refractivity contribution in [1.29, 1.82) is 0 Å². The number of pyridine rings is 2. The first-order chi connectivity index (χ1) is 10.8. The van der Waals surface area contributed by atoms with E-state index in [-0.39, 0.29) is 0 Å². The molecule has 0 aliphatic carbocycles. The summed E-state index contributed by atoms with van der Waals surface area (Å²) in [4.78, 5) is 16.6. The van der Waals surface area contributed by atoms with Crippen molar-refractivity contribution in [2.45, 2.75) is 0 Å². The molecule has 22 heavy (non-hydrogen) atoms. The second kappa shape index (κ2) is 6.65. The predicted octanol–water partition coefficient (Wildman–Crippen LogP) is 3.34. The third kappa shape index (κ3) is 3.14. The molecule has 0 radical (unpaired) electrons. The van der Waals surface area contributed by atoms with Gasteiger partial charge in [0.05, 0.1) is 19.5 Å². The van der Waals surface area contributed by atoms with Crippen LogP contribution < -0.4 is 9.47 Å². The summed E-state index contributed by atoms with van der Waals surface area (Å²) in [7, 11) is 1.61. The van der Waals surface area contributed by atoms with Crippen LogP contribution in [0.3, 0.4) is 0 Å². The Morgan fingerprint density at radius 2 is 1.77 bits per heavy atom. The molecule has 7 heteroatoms. The maximum absolute atomic E-state index is 5.80. The van der Waals surface area contributed by atoms with Crippen LogP contribution in [-0.2, 0) is 0 Å². The summed E-state index contributed by atoms with van der Waals surface area (Å²) in [5, 5.41) is 0. The predicted molar refractivity (Wildman–Crippen MR) is 88.8 cm³/mol. The molecule has 3 aromatic heterocycles. The molecular weight excluding hydrogens is 395 g/mol. The molecule has 0 N–H and O–H groups in total. The quantitative estimate of drug-likeness (QED) is 0.489. The van der Waals surface area contributed by atoms with E-state index in [2.05, 4.69) is 19.9 Å². The molecule has 0 spiro atoms. The fourth-order valence-corrected chi connectivity index (χ4v) is 2.18. The lowest BCUT2D eigenvalue weighted by Gasteiger charge is -2.11. The van der Waals surface area contributed by atoms with E-state index >= 15 is 0 Å². The smallest absolute Gasteiger partial charge is 0.227 e. The van der Waals surface area contributed by atoms with E-state index in [0.29, 0.717) is 21.2 Å². The van der Waals surface area contributed by atoms with Gasteiger partial charge in [0.1, 0.15) is 5.75 Å². The van der Waals surface area contributed by atoms with Gasteiger partial charge in [-0.25, -0.2) is 15.0 Å². The standard InChI is InChI=1S/C15H11IN4O2/c1-21-13-4-6-17-9-12(13)11-3-2-5-18-14(11)22-10-7-19-15(16)20-8-10/h2-9H,1H3. The van der Waals surface area contributed by atoms with Crippen molar-refractivity contribution < 1.29 is 9.47 Å². The SMILES string of the molecule is COc1ccncc1-c1cccnc1Oc1cnc(I)nc1. The van der Waals surface area contributed by atoms with E-state index < -0.39 is 0 Å². The third-order valence-corrected chi connectivity index (χ3v) is 3.43. The van der Waals surface area contributed by atoms with E-state index in [4.69, 9.17) is 9.47 Å². The van der Waals surface area contributed by atoms with Gasteiger partial charge in [-0.15, -0.1) is 0 Å². The van der Waals surface area contributed by atoms with Crippen molar-refractivity contribution in [3.63, 3.8) is 0 Å². The van der Waals surface area contributed by atoms with Gasteiger partial charge in [0.2, 0.25) is 5.88 Å². The Balaban J connectivity index is 2.01. The molecule has 0 atom stereocenters. The Kier molecular flexibility index (Phi) is 4.42. The summed E-state index contributed by atoms with van der Waals surface area (Å²) in [5.41, 5.74) is 1.59. The average molecular weight is 406 g/mol. The monoisotopic (exact) mass is 406 g/mol. The van der Waals surface area contributed by atoms with Gasteiger partial charge in [-0.05, 0) is 18.2 Å². The Morgan fingerprint density at radius 1 is 0.955 bits per heavy atom. The number of aromatic nitrogens is 4. The van der Waals surface area contributed by atoms with Crippen molar-refractivity contribution in [3.8, 4) is 28.5 Å². The van der Waals surface area contributed by atoms with E-state index in [0.717, 1.165) is 11.1 Å². The Morgan fingerprint density at radius 3 is 2.55 bits per heavy atom. The molecule has 0 aliphatic rings. The van der Waals surface area contributed by atoms with Crippen molar-refractivity contribution >= 4 is 22.6 Å². The first-order valence-electron chi connectivity index (χ1n) is 6.36. The number of hydrogen-bond donors (Lipinski definition) is 0. The van der Waals surface area contributed by atoms with Crippen LogP contribution in [0.1, 0.15) is 0 Å². The number of hydrogen-bond acceptors (Lipinski definition) is 6. The lowest BCUT2D eigenvalue weighted by Crippen LogP contribution is -1.95. The first kappa shape index (κ1) is 14.6. The van der Waals surface area contributed by atoms with E-state index in [1.165, 1.54) is 0 Å². The zero-order valence-corrected chi connectivity index (χ0v) is 13.8. The molecule has 3 aromatic rings. The lowest BCUT2D eigenvalue weighted by atomic mass is 10.1. The van der Waals surface area contributed by atoms with Gasteiger partial charge in [0.15, 0.2) is 9.58 Å². The van der Waals surface area contributed by atoms with Crippen LogP contribution in [0.2, 0.25) is 0 Å². The zero-order valence-electron chi connectivity index (χ0n) is 11.6. The van der Waals surface area contributed by atoms with Gasteiger partial charge in [-0.3, -0.25) is 4.98 Å². The minimum absolute atomic E-state index is 0.443. The summed E-state index contributed by atoms with van der Waals surface area (Å²) in [6.45, 7) is 0. The van der Waals surface area contributed by atoms with Crippen LogP contribution in [0.5, 0.6) is 17.4 Å². The largest absolute Gasteiger partial charge is 0.496 e. The summed E-state index contributed by atoms with van der Waals surface area (Å²) in [5.74, 6) is 1.66. The number of methoxy groups -OCH3 is 1. The molecule has 0 amide bonds. The zero-order chi connectivity index (χ0) is 15.4. The van der Waals surface area contributed by atoms with Gasteiger partial charge in [-0.1, -0.05) is 0 Å². The molecule has 0 aliphatic heterocycles. The molecule has 6 nitrogen and oxygen atoms in total. The van der Waals surface area contributed by atoms with Crippen LogP contribution in [-0.4, -0.2) is 27.0 Å². The highest BCUT2D eigenvalue weighted by molar-refractivity contribution is 14.1. The van der Waals surface area contributed by atoms with Crippen LogP contribution >= 0.6 is 22.6 Å². The Hall–Kier alpha value is -2.29. The molecular formula is C15H11IN4O2. The molecule has 0 unspecified atom stereocenters. The van der Waals surface area contributed by atoms with Crippen LogP contribution in [0.4, 0.5) is 0 Å². The lowest BCUT2D eigenvalue weighted by molar-refractivity contribution is 0.415. The highest BCUT2D eigenvalue weighted by Crippen LogP contribution is 2.35. The van der Waals surface area contributed by atoms with Crippen molar-refractivity contribution in [1.82, 2.24) is 19.9 Å². The molecule has 0 saturated carbocycles. The summed E-state index contributed by atoms with van der Waals surface area (Å²) in [6.07, 6.45) is 8.26. The molecule has 3 rings (SSSR count). The fourth-order valence-electron chi connectivity index (χ4n) is 1.90. The number of rotatable bonds is 4. The highest BCUT2D eigenvalue weighted by Gasteiger charge is 2.13. The van der Waals surface area contributed by atoms with Crippen LogP contribution in [0.25, 0.3) is 11.1 Å². The number of halogens is 1. The molecule has 0 aromatic carbocycles. The maximum atomic E-state index is 5.80. The van der Waals surface area contributed by atoms with Gasteiger partial charge >= 0.3 is 0 Å². The van der Waals surface area contributed by atoms with Gasteiger partial charge in [0.25, 0.3) is 0 Å². The first-order valence-corrected chi connectivity index (χ1v) is 7.44. The third-order valence-electron chi connectivity index (χ3n) is 2.87. The molecule has 0 saturated heterocycles. The van der Waals surface area contributed by atoms with Crippen molar-refractivity contribution in [3.05, 3.63) is 53.0 Å². The molecule has 0 fully saturated rings. The Bertz CT molecular complexity index is 781. The van der Waals surface area contributed by atoms with Gasteiger partial charge in [-0.2, -0.15) is 0 Å². The van der Waals surface area contributed by atoms with Gasteiger partial charge < -0.3 is 9.47 Å². The molecule has 110 valence electrons. The highest BCUT2D eigenvalue weighted by atomic mass is 127. The van der Waals surface area contributed by atoms with E-state index in [9.17, 15) is 0 Å². The van der Waals surface area contributed by atoms with Crippen molar-refractivity contribution in [2.24, 2.45) is 0 Å². The fraction of sp³-hybridized carbons (Fsp3) is 0.0667. The van der Waals surface area contributed by atoms with Crippen LogP contribution in [0, 0.1) is 3.83 Å². The minimum Gasteiger partial charge on any atom is -0.496 e. The Labute approximate surface area is 140 Å². The topological polar surface area (TPSA) is 70.0 Å². The maximum Gasteiger partial charge on any atom is 0.227 e. The summed E-state index contributed by atoms with van der Waals surface area (Å²) >= 11 is 2.03. The van der Waals surface area contributed by atoms with Gasteiger partial charge in [0, 0.05) is 52.3 Å². The molecule has 3 heterocycles. The number of ether oxygens (including phenoxy) is 2. The van der Waals surface area contributed by atoms with E-state index in [1.54, 1.807) is 44.2 Å². The average Bonchev–Trinajstić information content (AvgIpc) is 2.57. The van der Waals surface area contributed by atoms with Crippen LogP contribution in [0.15, 0.2) is 49.2 Å². The normalized spacial score (nSPS) is 10.3. The summed E-state index contributed by atoms with van der Waals surface area (Å²) < 4.78 is 11.8. The summed E-state index contributed by atoms with van der Waals surface area (Å²) in [6, 6.07) is 5.52.